The maximum Gasteiger partial charge on any atom is 0.0326 e. The Morgan fingerprint density at radius 3 is 2.26 bits per heavy atom. The lowest BCUT2D eigenvalue weighted by Crippen LogP contribution is -2.55. The normalized spacial score (nSPS) is 30.5. The first-order valence-corrected chi connectivity index (χ1v) is 8.64. The van der Waals surface area contributed by atoms with Crippen molar-refractivity contribution in [1.29, 1.82) is 0 Å². The predicted molar refractivity (Wildman–Crippen MR) is 83.2 cm³/mol. The van der Waals surface area contributed by atoms with Crippen LogP contribution in [0.15, 0.2) is 0 Å². The van der Waals surface area contributed by atoms with Crippen LogP contribution in [0.2, 0.25) is 0 Å². The Labute approximate surface area is 120 Å². The first kappa shape index (κ1) is 15.3. The molecule has 2 aliphatic carbocycles. The van der Waals surface area contributed by atoms with Gasteiger partial charge in [0.15, 0.2) is 0 Å². The molecule has 19 heavy (non-hydrogen) atoms. The first-order chi connectivity index (χ1) is 9.19. The average molecular weight is 266 g/mol. The Bertz CT molecular complexity index is 264. The topological polar surface area (TPSA) is 29.3 Å². The number of nitrogens with two attached hydrogens (primary N) is 1. The summed E-state index contributed by atoms with van der Waals surface area (Å²) in [6, 6.07) is 0. The van der Waals surface area contributed by atoms with Crippen molar-refractivity contribution in [2.75, 3.05) is 19.6 Å². The standard InChI is InChI=1S/C17H34N2/c1-4-9-19(17(5-2,6-3)13-18)12-16-11-14-7-8-15(16)10-14/h14-16H,4-13,18H2,1-3H3. The van der Waals surface area contributed by atoms with E-state index < -0.39 is 0 Å². The van der Waals surface area contributed by atoms with Crippen LogP contribution < -0.4 is 5.73 Å². The summed E-state index contributed by atoms with van der Waals surface area (Å²) in [7, 11) is 0. The van der Waals surface area contributed by atoms with Gasteiger partial charge < -0.3 is 5.73 Å². The van der Waals surface area contributed by atoms with Crippen LogP contribution in [0.5, 0.6) is 0 Å². The molecule has 0 heterocycles. The Morgan fingerprint density at radius 1 is 1.11 bits per heavy atom. The van der Waals surface area contributed by atoms with Crippen molar-refractivity contribution in [1.82, 2.24) is 4.90 Å². The van der Waals surface area contributed by atoms with E-state index in [-0.39, 0.29) is 5.54 Å². The van der Waals surface area contributed by atoms with Crippen LogP contribution in [-0.4, -0.2) is 30.1 Å². The van der Waals surface area contributed by atoms with Crippen molar-refractivity contribution in [2.24, 2.45) is 23.5 Å². The molecule has 0 saturated heterocycles. The highest BCUT2D eigenvalue weighted by Crippen LogP contribution is 2.49. The van der Waals surface area contributed by atoms with Gasteiger partial charge in [0.25, 0.3) is 0 Å². The van der Waals surface area contributed by atoms with Gasteiger partial charge in [-0.25, -0.2) is 0 Å². The quantitative estimate of drug-likeness (QED) is 0.726. The molecule has 3 unspecified atom stereocenters. The molecule has 2 nitrogen and oxygen atoms in total. The molecule has 0 aromatic rings. The molecule has 0 aromatic carbocycles. The second kappa shape index (κ2) is 6.58. The zero-order chi connectivity index (χ0) is 13.9. The fraction of sp³-hybridized carbons (Fsp3) is 1.00. The summed E-state index contributed by atoms with van der Waals surface area (Å²) in [4.78, 5) is 2.76. The zero-order valence-corrected chi connectivity index (χ0v) is 13.3. The molecule has 2 saturated carbocycles. The zero-order valence-electron chi connectivity index (χ0n) is 13.3. The summed E-state index contributed by atoms with van der Waals surface area (Å²) < 4.78 is 0. The molecule has 0 amide bonds. The van der Waals surface area contributed by atoms with Gasteiger partial charge in [-0.15, -0.1) is 0 Å². The van der Waals surface area contributed by atoms with Crippen molar-refractivity contribution >= 4 is 0 Å². The van der Waals surface area contributed by atoms with E-state index in [4.69, 9.17) is 5.73 Å². The van der Waals surface area contributed by atoms with Gasteiger partial charge in [0, 0.05) is 18.6 Å². The van der Waals surface area contributed by atoms with Crippen molar-refractivity contribution in [3.8, 4) is 0 Å². The smallest absolute Gasteiger partial charge is 0.0326 e. The van der Waals surface area contributed by atoms with Crippen LogP contribution in [0.4, 0.5) is 0 Å². The minimum atomic E-state index is 0.262. The summed E-state index contributed by atoms with van der Waals surface area (Å²) in [6.07, 6.45) is 9.68. The molecule has 0 aromatic heterocycles. The van der Waals surface area contributed by atoms with Gasteiger partial charge in [-0.2, -0.15) is 0 Å². The van der Waals surface area contributed by atoms with Gasteiger partial charge in [0.2, 0.25) is 0 Å². The van der Waals surface area contributed by atoms with Crippen molar-refractivity contribution in [3.05, 3.63) is 0 Å². The molecular weight excluding hydrogens is 232 g/mol. The van der Waals surface area contributed by atoms with Crippen LogP contribution in [0, 0.1) is 17.8 Å². The number of hydrogen-bond acceptors (Lipinski definition) is 2. The second-order valence-corrected chi connectivity index (χ2v) is 7.02. The Morgan fingerprint density at radius 2 is 1.84 bits per heavy atom. The van der Waals surface area contributed by atoms with Gasteiger partial charge in [-0.1, -0.05) is 27.2 Å². The van der Waals surface area contributed by atoms with Crippen molar-refractivity contribution < 1.29 is 0 Å². The fourth-order valence-corrected chi connectivity index (χ4v) is 4.79. The van der Waals surface area contributed by atoms with Gasteiger partial charge >= 0.3 is 0 Å². The summed E-state index contributed by atoms with van der Waals surface area (Å²) in [5.41, 5.74) is 6.43. The van der Waals surface area contributed by atoms with E-state index in [9.17, 15) is 0 Å². The Hall–Kier alpha value is -0.0800. The van der Waals surface area contributed by atoms with Crippen LogP contribution >= 0.6 is 0 Å². The molecule has 2 N–H and O–H groups in total. The van der Waals surface area contributed by atoms with Crippen molar-refractivity contribution in [2.45, 2.75) is 71.3 Å². The van der Waals surface area contributed by atoms with Crippen molar-refractivity contribution in [3.63, 3.8) is 0 Å². The SMILES string of the molecule is CCCN(CC1CC2CCC1C2)C(CC)(CC)CN. The number of fused-ring (bicyclic) bond motifs is 2. The molecule has 112 valence electrons. The van der Waals surface area contributed by atoms with Gasteiger partial charge in [0.1, 0.15) is 0 Å². The largest absolute Gasteiger partial charge is 0.329 e. The van der Waals surface area contributed by atoms with E-state index in [2.05, 4.69) is 25.7 Å². The molecule has 2 heteroatoms. The van der Waals surface area contributed by atoms with E-state index in [0.29, 0.717) is 0 Å². The molecular formula is C17H34N2. The lowest BCUT2D eigenvalue weighted by Gasteiger charge is -2.45. The van der Waals surface area contributed by atoms with Gasteiger partial charge in [0.05, 0.1) is 0 Å². The van der Waals surface area contributed by atoms with Crippen LogP contribution in [0.25, 0.3) is 0 Å². The second-order valence-electron chi connectivity index (χ2n) is 7.02. The molecule has 2 bridgehead atoms. The predicted octanol–water partition coefficient (Wildman–Crippen LogP) is 3.65. The molecule has 2 fully saturated rings. The third kappa shape index (κ3) is 3.00. The fourth-order valence-electron chi connectivity index (χ4n) is 4.79. The molecule has 3 atom stereocenters. The van der Waals surface area contributed by atoms with Crippen LogP contribution in [-0.2, 0) is 0 Å². The van der Waals surface area contributed by atoms with E-state index in [1.807, 2.05) is 0 Å². The maximum atomic E-state index is 6.17. The van der Waals surface area contributed by atoms with Gasteiger partial charge in [-0.05, 0) is 62.8 Å². The lowest BCUT2D eigenvalue weighted by molar-refractivity contribution is 0.0562. The minimum Gasteiger partial charge on any atom is -0.329 e. The maximum absolute atomic E-state index is 6.17. The van der Waals surface area contributed by atoms with E-state index in [0.717, 1.165) is 24.3 Å². The summed E-state index contributed by atoms with van der Waals surface area (Å²) in [6.45, 7) is 10.3. The number of nitrogens with zero attached hydrogens (tertiary/aromatic N) is 1. The number of hydrogen-bond donors (Lipinski definition) is 1. The lowest BCUT2D eigenvalue weighted by atomic mass is 9.84. The monoisotopic (exact) mass is 266 g/mol. The van der Waals surface area contributed by atoms with E-state index in [1.54, 1.807) is 0 Å². The Balaban J connectivity index is 2.02. The summed E-state index contributed by atoms with van der Waals surface area (Å²) in [5.74, 6) is 3.07. The summed E-state index contributed by atoms with van der Waals surface area (Å²) >= 11 is 0. The highest BCUT2D eigenvalue weighted by Gasteiger charge is 2.42. The number of rotatable bonds is 8. The highest BCUT2D eigenvalue weighted by atomic mass is 15.2. The molecule has 2 rings (SSSR count). The van der Waals surface area contributed by atoms with E-state index >= 15 is 0 Å². The Kier molecular flexibility index (Phi) is 5.30. The third-order valence-corrected chi connectivity index (χ3v) is 6.20. The van der Waals surface area contributed by atoms with Crippen LogP contribution in [0.1, 0.15) is 65.7 Å². The van der Waals surface area contributed by atoms with Crippen LogP contribution in [0.3, 0.4) is 0 Å². The first-order valence-electron chi connectivity index (χ1n) is 8.64. The minimum absolute atomic E-state index is 0.262. The third-order valence-electron chi connectivity index (χ3n) is 6.20. The molecule has 0 aliphatic heterocycles. The van der Waals surface area contributed by atoms with Gasteiger partial charge in [-0.3, -0.25) is 4.90 Å². The average Bonchev–Trinajstić information content (AvgIpc) is 3.04. The van der Waals surface area contributed by atoms with E-state index in [1.165, 1.54) is 58.0 Å². The summed E-state index contributed by atoms with van der Waals surface area (Å²) in [5, 5.41) is 0. The highest BCUT2D eigenvalue weighted by molar-refractivity contribution is 4.95. The molecule has 0 spiro atoms. The molecule has 2 aliphatic rings. The molecule has 0 radical (unpaired) electrons.